The van der Waals surface area contributed by atoms with Gasteiger partial charge in [-0.15, -0.1) is 0 Å². The lowest BCUT2D eigenvalue weighted by molar-refractivity contribution is -0.385. The summed E-state index contributed by atoms with van der Waals surface area (Å²) in [5.41, 5.74) is 1.52. The van der Waals surface area contributed by atoms with Gasteiger partial charge in [-0.1, -0.05) is 24.3 Å². The molecule has 2 N–H and O–H groups in total. The lowest BCUT2D eigenvalue weighted by Crippen LogP contribution is -1.92. The quantitative estimate of drug-likeness (QED) is 0.144. The van der Waals surface area contributed by atoms with Crippen LogP contribution >= 0.6 is 0 Å². The predicted molar refractivity (Wildman–Crippen MR) is 142 cm³/mol. The van der Waals surface area contributed by atoms with Crippen LogP contribution in [0.2, 0.25) is 0 Å². The second kappa shape index (κ2) is 11.1. The van der Waals surface area contributed by atoms with Gasteiger partial charge in [0.05, 0.1) is 15.4 Å². The zero-order valence-corrected chi connectivity index (χ0v) is 20.3. The van der Waals surface area contributed by atoms with E-state index in [2.05, 4.69) is 25.1 Å². The van der Waals surface area contributed by atoms with Crippen LogP contribution in [-0.4, -0.2) is 41.3 Å². The maximum atomic E-state index is 10.9. The van der Waals surface area contributed by atoms with Gasteiger partial charge in [-0.05, 0) is 18.2 Å². The van der Waals surface area contributed by atoms with Gasteiger partial charge in [0.15, 0.2) is 17.8 Å². The molecule has 0 saturated heterocycles. The summed E-state index contributed by atoms with van der Waals surface area (Å²) in [6.07, 6.45) is 4.77. The molecule has 0 amide bonds. The summed E-state index contributed by atoms with van der Waals surface area (Å²) in [4.78, 5) is 41.8. The normalized spacial score (nSPS) is 10.5. The Morgan fingerprint density at radius 1 is 0.775 bits per heavy atom. The van der Waals surface area contributed by atoms with E-state index in [4.69, 9.17) is 9.47 Å². The number of benzene rings is 2. The van der Waals surface area contributed by atoms with Gasteiger partial charge in [0.2, 0.25) is 11.8 Å². The fourth-order valence-electron chi connectivity index (χ4n) is 3.65. The lowest BCUT2D eigenvalue weighted by atomic mass is 10.2. The predicted octanol–water partition coefficient (Wildman–Crippen LogP) is 5.73. The molecule has 0 aliphatic heterocycles. The molecule has 14 heteroatoms. The first kappa shape index (κ1) is 25.5. The summed E-state index contributed by atoms with van der Waals surface area (Å²) >= 11 is 0. The van der Waals surface area contributed by atoms with E-state index < -0.39 is 9.85 Å². The second-order valence-corrected chi connectivity index (χ2v) is 8.03. The number of aromatic nitrogens is 5. The minimum atomic E-state index is -0.540. The highest BCUT2D eigenvalue weighted by atomic mass is 16.6. The Labute approximate surface area is 223 Å². The SMILES string of the molecule is O=Cc1[nH]nc2c(Oc3ccc([N+](=O)[O-])cn3)cccc12.O=[N+]([O-])c1ccc(Oc2cccc3cc[nH]c23)nc1. The number of rotatable bonds is 7. The molecule has 6 rings (SSSR count). The fraction of sp³-hybridized carbons (Fsp3) is 0. The largest absolute Gasteiger partial charge is 0.437 e. The summed E-state index contributed by atoms with van der Waals surface area (Å²) in [5, 5.41) is 29.4. The Morgan fingerprint density at radius 3 is 2.00 bits per heavy atom. The molecule has 0 bridgehead atoms. The number of H-pyrrole nitrogens is 2. The third-order valence-corrected chi connectivity index (χ3v) is 5.54. The van der Waals surface area contributed by atoms with E-state index in [-0.39, 0.29) is 17.3 Å². The van der Waals surface area contributed by atoms with Crippen LogP contribution in [0.5, 0.6) is 23.3 Å². The average Bonchev–Trinajstić information content (AvgIpc) is 3.62. The Morgan fingerprint density at radius 2 is 1.40 bits per heavy atom. The molecular formula is C26H17N7O7. The molecule has 198 valence electrons. The topological polar surface area (TPSA) is 192 Å². The van der Waals surface area contributed by atoms with Crippen molar-refractivity contribution < 1.29 is 24.1 Å². The molecule has 40 heavy (non-hydrogen) atoms. The van der Waals surface area contributed by atoms with E-state index in [1.54, 1.807) is 18.2 Å². The third kappa shape index (κ3) is 5.40. The number of hydrogen-bond donors (Lipinski definition) is 2. The van der Waals surface area contributed by atoms with Crippen LogP contribution < -0.4 is 9.47 Å². The van der Waals surface area contributed by atoms with Gasteiger partial charge in [-0.25, -0.2) is 9.97 Å². The van der Waals surface area contributed by atoms with Crippen LogP contribution in [0.4, 0.5) is 11.4 Å². The monoisotopic (exact) mass is 539 g/mol. The molecule has 4 heterocycles. The van der Waals surface area contributed by atoms with Crippen LogP contribution in [0.3, 0.4) is 0 Å². The van der Waals surface area contributed by atoms with Gasteiger partial charge >= 0.3 is 0 Å². The Kier molecular flexibility index (Phi) is 7.04. The van der Waals surface area contributed by atoms with Crippen molar-refractivity contribution in [3.05, 3.63) is 111 Å². The van der Waals surface area contributed by atoms with E-state index in [9.17, 15) is 25.0 Å². The number of ether oxygens (including phenoxy) is 2. The molecule has 0 saturated carbocycles. The van der Waals surface area contributed by atoms with Gasteiger partial charge in [0, 0.05) is 41.2 Å². The standard InChI is InChI=1S/C13H8N4O4.C13H9N3O3/c18-7-10-9-2-1-3-11(13(9)16-15-10)21-12-5-4-8(6-14-12)17(19)20;17-16(18)10-4-5-12(15-8-10)19-11-3-1-2-9-6-7-14-13(9)11/h1-7H,(H,15,16);1-8,14H. The maximum Gasteiger partial charge on any atom is 0.287 e. The molecule has 0 unspecified atom stereocenters. The van der Waals surface area contributed by atoms with Crippen molar-refractivity contribution in [2.45, 2.75) is 0 Å². The zero-order valence-electron chi connectivity index (χ0n) is 20.3. The number of carbonyl (C=O) groups excluding carboxylic acids is 1. The number of para-hydroxylation sites is 2. The average molecular weight is 539 g/mol. The van der Waals surface area contributed by atoms with Gasteiger partial charge in [0.1, 0.15) is 23.6 Å². The highest BCUT2D eigenvalue weighted by Crippen LogP contribution is 2.30. The first-order valence-corrected chi connectivity index (χ1v) is 11.5. The number of nitrogens with one attached hydrogen (secondary N) is 2. The summed E-state index contributed by atoms with van der Waals surface area (Å²) in [6, 6.07) is 18.2. The number of carbonyl (C=O) groups is 1. The molecule has 4 aromatic heterocycles. The summed E-state index contributed by atoms with van der Waals surface area (Å²) < 4.78 is 11.2. The lowest BCUT2D eigenvalue weighted by Gasteiger charge is -2.05. The third-order valence-electron chi connectivity index (χ3n) is 5.54. The van der Waals surface area contributed by atoms with Gasteiger partial charge < -0.3 is 14.5 Å². The molecular weight excluding hydrogens is 522 g/mol. The first-order valence-electron chi connectivity index (χ1n) is 11.5. The molecule has 0 atom stereocenters. The van der Waals surface area contributed by atoms with Gasteiger partial charge in [-0.2, -0.15) is 5.10 Å². The number of pyridine rings is 2. The van der Waals surface area contributed by atoms with Crippen LogP contribution in [0.15, 0.2) is 85.3 Å². The molecule has 0 fully saturated rings. The van der Waals surface area contributed by atoms with Gasteiger partial charge in [-0.3, -0.25) is 30.1 Å². The number of nitro groups is 2. The Hall–Kier alpha value is -6.18. The summed E-state index contributed by atoms with van der Waals surface area (Å²) in [6.45, 7) is 0. The molecule has 0 aliphatic rings. The summed E-state index contributed by atoms with van der Waals surface area (Å²) in [7, 11) is 0. The van der Waals surface area contributed by atoms with Crippen molar-refractivity contribution in [3.63, 3.8) is 0 Å². The zero-order chi connectivity index (χ0) is 28.1. The van der Waals surface area contributed by atoms with Crippen molar-refractivity contribution in [1.82, 2.24) is 25.1 Å². The van der Waals surface area contributed by atoms with E-state index >= 15 is 0 Å². The number of nitrogens with zero attached hydrogens (tertiary/aromatic N) is 5. The van der Waals surface area contributed by atoms with Gasteiger partial charge in [0.25, 0.3) is 11.4 Å². The van der Waals surface area contributed by atoms with Crippen LogP contribution in [0.1, 0.15) is 10.5 Å². The van der Waals surface area contributed by atoms with Crippen LogP contribution in [-0.2, 0) is 0 Å². The Bertz CT molecular complexity index is 1830. The molecule has 0 radical (unpaired) electrons. The molecule has 14 nitrogen and oxygen atoms in total. The smallest absolute Gasteiger partial charge is 0.287 e. The molecule has 6 aromatic rings. The van der Waals surface area contributed by atoms with Crippen molar-refractivity contribution in [2.75, 3.05) is 0 Å². The van der Waals surface area contributed by atoms with Crippen molar-refractivity contribution in [2.24, 2.45) is 0 Å². The van der Waals surface area contributed by atoms with E-state index in [1.807, 2.05) is 30.5 Å². The van der Waals surface area contributed by atoms with E-state index in [1.165, 1.54) is 30.5 Å². The fourth-order valence-corrected chi connectivity index (χ4v) is 3.65. The number of aromatic amines is 2. The Balaban J connectivity index is 0.000000162. The molecule has 0 spiro atoms. The highest BCUT2D eigenvalue weighted by Gasteiger charge is 2.12. The van der Waals surface area contributed by atoms with Crippen molar-refractivity contribution in [3.8, 4) is 23.3 Å². The summed E-state index contributed by atoms with van der Waals surface area (Å²) in [5.74, 6) is 1.54. The van der Waals surface area contributed by atoms with Crippen molar-refractivity contribution in [1.29, 1.82) is 0 Å². The highest BCUT2D eigenvalue weighted by molar-refractivity contribution is 5.97. The van der Waals surface area contributed by atoms with Crippen LogP contribution in [0.25, 0.3) is 21.8 Å². The van der Waals surface area contributed by atoms with Crippen LogP contribution in [0, 0.1) is 20.2 Å². The number of fused-ring (bicyclic) bond motifs is 2. The van der Waals surface area contributed by atoms with E-state index in [0.717, 1.165) is 17.1 Å². The van der Waals surface area contributed by atoms with E-state index in [0.29, 0.717) is 40.3 Å². The second-order valence-electron chi connectivity index (χ2n) is 8.03. The minimum Gasteiger partial charge on any atom is -0.437 e. The molecule has 0 aliphatic carbocycles. The van der Waals surface area contributed by atoms with Crippen molar-refractivity contribution >= 4 is 39.5 Å². The first-order chi connectivity index (χ1) is 19.4. The minimum absolute atomic E-state index is 0.0644. The molecule has 2 aromatic carbocycles. The maximum absolute atomic E-state index is 10.9. The number of aldehydes is 1. The number of hydrogen-bond acceptors (Lipinski definition) is 10.